The molecule has 0 aromatic rings. The first-order valence-corrected chi connectivity index (χ1v) is 2.48. The summed E-state index contributed by atoms with van der Waals surface area (Å²) in [5.41, 5.74) is 0.549. The van der Waals surface area contributed by atoms with Gasteiger partial charge in [-0.15, -0.1) is 0 Å². The Morgan fingerprint density at radius 2 is 2.00 bits per heavy atom. The second kappa shape index (κ2) is 3.92. The maximum atomic E-state index is 4.27. The van der Waals surface area contributed by atoms with E-state index in [0.29, 0.717) is 5.52 Å². The second-order valence-electron chi connectivity index (χ2n) is 0.218. The zero-order chi connectivity index (χ0) is 3.41. The quantitative estimate of drug-likeness (QED) is 0.571. The Hall–Kier alpha value is 0.920. The van der Waals surface area contributed by atoms with Crippen molar-refractivity contribution in [2.45, 2.75) is 0 Å². The SMILES string of the molecule is BrCOBr. The Morgan fingerprint density at radius 1 is 1.75 bits per heavy atom. The minimum Gasteiger partial charge on any atom is -0.296 e. The maximum absolute atomic E-state index is 4.27. The van der Waals surface area contributed by atoms with Crippen LogP contribution in [0.5, 0.6) is 0 Å². The van der Waals surface area contributed by atoms with Crippen molar-refractivity contribution in [3.63, 3.8) is 0 Å². The Labute approximate surface area is 41.9 Å². The van der Waals surface area contributed by atoms with Crippen LogP contribution >= 0.6 is 32.2 Å². The van der Waals surface area contributed by atoms with Gasteiger partial charge in [-0.05, 0) is 0 Å². The molecule has 0 heterocycles. The number of hydrogen-bond donors (Lipinski definition) is 0. The largest absolute Gasteiger partial charge is 0.296 e. The van der Waals surface area contributed by atoms with Gasteiger partial charge in [-0.25, -0.2) is 0 Å². The van der Waals surface area contributed by atoms with Gasteiger partial charge in [0.15, 0.2) is 0 Å². The molecule has 0 fully saturated rings. The Bertz CT molecular complexity index is 8.00. The van der Waals surface area contributed by atoms with Crippen LogP contribution in [0, 0.1) is 0 Å². The molecule has 26 valence electrons. The van der Waals surface area contributed by atoms with Gasteiger partial charge in [0.1, 0.15) is 5.52 Å². The Kier molecular flexibility index (Phi) is 4.82. The summed E-state index contributed by atoms with van der Waals surface area (Å²) in [5, 5.41) is 0. The van der Waals surface area contributed by atoms with Gasteiger partial charge in [0, 0.05) is 0 Å². The summed E-state index contributed by atoms with van der Waals surface area (Å²) in [6.07, 6.45) is 0. The lowest BCUT2D eigenvalue weighted by Gasteiger charge is -1.69. The first-order valence-electron chi connectivity index (χ1n) is 0.710. The molecule has 0 radical (unpaired) electrons. The molecular weight excluding hydrogens is 188 g/mol. The third-order valence-electron chi connectivity index (χ3n) is 0.0412. The molecule has 1 nitrogen and oxygen atoms in total. The Balaban J connectivity index is 1.97. The van der Waals surface area contributed by atoms with Gasteiger partial charge in [-0.1, -0.05) is 15.9 Å². The van der Waals surface area contributed by atoms with E-state index in [-0.39, 0.29) is 0 Å². The number of hydrogen-bond acceptors (Lipinski definition) is 1. The molecule has 0 amide bonds. The van der Waals surface area contributed by atoms with E-state index in [4.69, 9.17) is 0 Å². The smallest absolute Gasteiger partial charge is 0.116 e. The highest BCUT2D eigenvalue weighted by atomic mass is 79.9. The molecule has 0 aromatic heterocycles. The van der Waals surface area contributed by atoms with Crippen LogP contribution in [-0.2, 0) is 3.83 Å². The van der Waals surface area contributed by atoms with Gasteiger partial charge in [0.25, 0.3) is 0 Å². The van der Waals surface area contributed by atoms with Crippen LogP contribution in [0.1, 0.15) is 0 Å². The van der Waals surface area contributed by atoms with Crippen molar-refractivity contribution in [2.24, 2.45) is 0 Å². The van der Waals surface area contributed by atoms with Gasteiger partial charge >= 0.3 is 0 Å². The third kappa shape index (κ3) is 2.92. The molecule has 0 aliphatic rings. The minimum absolute atomic E-state index is 0.549. The molecule has 0 aromatic carbocycles. The van der Waals surface area contributed by atoms with Gasteiger partial charge in [0.2, 0.25) is 0 Å². The average molecular weight is 190 g/mol. The molecule has 0 bridgehead atoms. The maximum Gasteiger partial charge on any atom is 0.116 e. The summed E-state index contributed by atoms with van der Waals surface area (Å²) in [5.74, 6) is 0. The van der Waals surface area contributed by atoms with Crippen molar-refractivity contribution in [3.8, 4) is 0 Å². The highest BCUT2D eigenvalue weighted by Gasteiger charge is 1.57. The van der Waals surface area contributed by atoms with Crippen LogP contribution in [0.3, 0.4) is 0 Å². The summed E-state index contributed by atoms with van der Waals surface area (Å²) < 4.78 is 4.27. The van der Waals surface area contributed by atoms with Crippen LogP contribution in [0.2, 0.25) is 0 Å². The predicted octanol–water partition coefficient (Wildman–Crippen LogP) is 1.67. The normalized spacial score (nSPS) is 7.50. The van der Waals surface area contributed by atoms with Crippen molar-refractivity contribution < 1.29 is 3.83 Å². The molecule has 0 aliphatic carbocycles. The monoisotopic (exact) mass is 188 g/mol. The molecular formula is CH2Br2O. The van der Waals surface area contributed by atoms with E-state index in [1.54, 1.807) is 0 Å². The highest BCUT2D eigenvalue weighted by Crippen LogP contribution is 1.86. The van der Waals surface area contributed by atoms with E-state index < -0.39 is 0 Å². The zero-order valence-electron chi connectivity index (χ0n) is 1.87. The summed E-state index contributed by atoms with van der Waals surface area (Å²) in [6.45, 7) is 0. The lowest BCUT2D eigenvalue weighted by Crippen LogP contribution is -1.55. The second-order valence-corrected chi connectivity index (χ2v) is 1.13. The lowest BCUT2D eigenvalue weighted by atomic mass is 11.8. The van der Waals surface area contributed by atoms with Gasteiger partial charge in [0.05, 0.1) is 16.3 Å². The molecule has 0 atom stereocenters. The standard InChI is InChI=1S/CH2Br2O/c2-1-4-3/h1H2. The number of alkyl halides is 1. The predicted molar refractivity (Wildman–Crippen MR) is 23.8 cm³/mol. The number of rotatable bonds is 1. The fraction of sp³-hybridized carbons (Fsp3) is 1.00. The number of halogens is 2. The van der Waals surface area contributed by atoms with E-state index in [1.807, 2.05) is 0 Å². The van der Waals surface area contributed by atoms with Crippen LogP contribution in [-0.4, -0.2) is 5.52 Å². The summed E-state index contributed by atoms with van der Waals surface area (Å²) >= 11 is 5.68. The fourth-order valence-electron chi connectivity index (χ4n) is 0. The van der Waals surface area contributed by atoms with Crippen molar-refractivity contribution in [2.75, 3.05) is 5.52 Å². The van der Waals surface area contributed by atoms with Crippen molar-refractivity contribution >= 4 is 32.2 Å². The van der Waals surface area contributed by atoms with E-state index in [9.17, 15) is 0 Å². The van der Waals surface area contributed by atoms with E-state index >= 15 is 0 Å². The van der Waals surface area contributed by atoms with Crippen LogP contribution in [0.4, 0.5) is 0 Å². The van der Waals surface area contributed by atoms with Crippen LogP contribution < -0.4 is 0 Å². The van der Waals surface area contributed by atoms with Gasteiger partial charge in [-0.2, -0.15) is 0 Å². The molecule has 4 heavy (non-hydrogen) atoms. The van der Waals surface area contributed by atoms with E-state index in [2.05, 4.69) is 36.0 Å². The molecule has 3 heteroatoms. The molecule has 0 saturated carbocycles. The first-order chi connectivity index (χ1) is 1.91. The molecule has 0 spiro atoms. The summed E-state index contributed by atoms with van der Waals surface area (Å²) in [4.78, 5) is 0. The average Bonchev–Trinajstić information content (AvgIpc) is 1.37. The van der Waals surface area contributed by atoms with Crippen LogP contribution in [0.15, 0.2) is 0 Å². The molecule has 0 rings (SSSR count). The first kappa shape index (κ1) is 4.92. The molecule has 0 saturated heterocycles. The lowest BCUT2D eigenvalue weighted by molar-refractivity contribution is 0.498. The molecule has 0 unspecified atom stereocenters. The van der Waals surface area contributed by atoms with Crippen molar-refractivity contribution in [3.05, 3.63) is 0 Å². The van der Waals surface area contributed by atoms with Gasteiger partial charge < -0.3 is 0 Å². The zero-order valence-corrected chi connectivity index (χ0v) is 5.04. The third-order valence-corrected chi connectivity index (χ3v) is 1.11. The summed E-state index contributed by atoms with van der Waals surface area (Å²) in [7, 11) is 0. The minimum atomic E-state index is 0.549. The van der Waals surface area contributed by atoms with Crippen molar-refractivity contribution in [1.82, 2.24) is 0 Å². The summed E-state index contributed by atoms with van der Waals surface area (Å²) in [6, 6.07) is 0. The van der Waals surface area contributed by atoms with Gasteiger partial charge in [-0.3, -0.25) is 3.83 Å². The van der Waals surface area contributed by atoms with E-state index in [0.717, 1.165) is 0 Å². The van der Waals surface area contributed by atoms with Crippen molar-refractivity contribution in [1.29, 1.82) is 0 Å². The molecule has 0 aliphatic heterocycles. The molecule has 0 N–H and O–H groups in total. The highest BCUT2D eigenvalue weighted by molar-refractivity contribution is 9.10. The fourth-order valence-corrected chi connectivity index (χ4v) is 0. The Morgan fingerprint density at radius 3 is 2.00 bits per heavy atom. The van der Waals surface area contributed by atoms with E-state index in [1.165, 1.54) is 0 Å². The topological polar surface area (TPSA) is 9.23 Å². The van der Waals surface area contributed by atoms with Crippen LogP contribution in [0.25, 0.3) is 0 Å².